The predicted octanol–water partition coefficient (Wildman–Crippen LogP) is 5.39. The molecule has 3 aliphatic carbocycles. The third-order valence-electron chi connectivity index (χ3n) is 6.29. The highest BCUT2D eigenvalue weighted by atomic mass is 16.6. The van der Waals surface area contributed by atoms with Crippen LogP contribution in [0.15, 0.2) is 0 Å². The van der Waals surface area contributed by atoms with Crippen LogP contribution in [-0.2, 0) is 9.53 Å². The summed E-state index contributed by atoms with van der Waals surface area (Å²) in [5, 5.41) is 0. The first-order valence-corrected chi connectivity index (χ1v) is 9.53. The molecule has 3 aliphatic rings. The van der Waals surface area contributed by atoms with Gasteiger partial charge in [0.05, 0.1) is 5.92 Å². The zero-order valence-electron chi connectivity index (χ0n) is 13.6. The molecule has 0 bridgehead atoms. The second kappa shape index (κ2) is 7.15. The van der Waals surface area contributed by atoms with Gasteiger partial charge in [-0.1, -0.05) is 44.9 Å². The molecule has 0 radical (unpaired) electrons. The van der Waals surface area contributed by atoms with Crippen LogP contribution in [0.2, 0.25) is 0 Å². The Balaban J connectivity index is 1.67. The number of ether oxygens (including phenoxy) is 1. The highest BCUT2D eigenvalue weighted by molar-refractivity contribution is 5.73. The van der Waals surface area contributed by atoms with Crippen molar-refractivity contribution in [3.63, 3.8) is 0 Å². The fourth-order valence-corrected chi connectivity index (χ4v) is 4.99. The second-order valence-corrected chi connectivity index (χ2v) is 7.72. The van der Waals surface area contributed by atoms with E-state index in [2.05, 4.69) is 0 Å². The standard InChI is InChI=1S/C19H32O2/c20-18(16-10-4-1-5-11-16)21-19(14-8-3-9-15-19)17-12-6-2-7-13-17/h16-17H,1-15H2. The maximum atomic E-state index is 12.7. The predicted molar refractivity (Wildman–Crippen MR) is 85.1 cm³/mol. The van der Waals surface area contributed by atoms with Crippen LogP contribution in [0.3, 0.4) is 0 Å². The Kier molecular flexibility index (Phi) is 5.24. The van der Waals surface area contributed by atoms with Gasteiger partial charge >= 0.3 is 5.97 Å². The highest BCUT2D eigenvalue weighted by Crippen LogP contribution is 2.45. The Morgan fingerprint density at radius 3 is 1.86 bits per heavy atom. The molecule has 0 aromatic rings. The fraction of sp³-hybridized carbons (Fsp3) is 0.947. The van der Waals surface area contributed by atoms with Crippen molar-refractivity contribution in [1.29, 1.82) is 0 Å². The molecule has 0 N–H and O–H groups in total. The van der Waals surface area contributed by atoms with Crippen LogP contribution in [0.25, 0.3) is 0 Å². The number of rotatable bonds is 3. The fourth-order valence-electron chi connectivity index (χ4n) is 4.99. The van der Waals surface area contributed by atoms with E-state index in [0.717, 1.165) is 25.7 Å². The van der Waals surface area contributed by atoms with E-state index in [1.807, 2.05) is 0 Å². The summed E-state index contributed by atoms with van der Waals surface area (Å²) in [5.41, 5.74) is -0.0762. The summed E-state index contributed by atoms with van der Waals surface area (Å²) in [4.78, 5) is 12.7. The molecular weight excluding hydrogens is 260 g/mol. The summed E-state index contributed by atoms with van der Waals surface area (Å²) in [6, 6.07) is 0. The van der Waals surface area contributed by atoms with Crippen LogP contribution < -0.4 is 0 Å². The molecule has 3 fully saturated rings. The topological polar surface area (TPSA) is 26.3 Å². The third kappa shape index (κ3) is 3.63. The van der Waals surface area contributed by atoms with Gasteiger partial charge in [-0.3, -0.25) is 4.79 Å². The van der Waals surface area contributed by atoms with Crippen molar-refractivity contribution in [2.24, 2.45) is 11.8 Å². The van der Waals surface area contributed by atoms with Gasteiger partial charge in [-0.2, -0.15) is 0 Å². The van der Waals surface area contributed by atoms with Gasteiger partial charge < -0.3 is 4.74 Å². The first-order valence-electron chi connectivity index (χ1n) is 9.53. The van der Waals surface area contributed by atoms with Crippen molar-refractivity contribution < 1.29 is 9.53 Å². The van der Waals surface area contributed by atoms with Crippen LogP contribution in [-0.4, -0.2) is 11.6 Å². The molecule has 3 rings (SSSR count). The molecule has 0 aliphatic heterocycles. The van der Waals surface area contributed by atoms with E-state index in [0.29, 0.717) is 5.92 Å². The maximum absolute atomic E-state index is 12.7. The number of hydrogen-bond acceptors (Lipinski definition) is 2. The van der Waals surface area contributed by atoms with Gasteiger partial charge in [-0.25, -0.2) is 0 Å². The summed E-state index contributed by atoms with van der Waals surface area (Å²) in [6.45, 7) is 0. The summed E-state index contributed by atoms with van der Waals surface area (Å²) in [7, 11) is 0. The molecule has 0 aromatic carbocycles. The van der Waals surface area contributed by atoms with E-state index < -0.39 is 0 Å². The molecule has 0 atom stereocenters. The first kappa shape index (κ1) is 15.4. The van der Waals surface area contributed by atoms with Gasteiger partial charge in [0.15, 0.2) is 0 Å². The number of esters is 1. The summed E-state index contributed by atoms with van der Waals surface area (Å²) in [5.74, 6) is 1.02. The van der Waals surface area contributed by atoms with Crippen molar-refractivity contribution >= 4 is 5.97 Å². The van der Waals surface area contributed by atoms with Crippen LogP contribution in [0.4, 0.5) is 0 Å². The average Bonchev–Trinajstić information content (AvgIpc) is 2.57. The van der Waals surface area contributed by atoms with E-state index in [-0.39, 0.29) is 17.5 Å². The summed E-state index contributed by atoms with van der Waals surface area (Å²) < 4.78 is 6.32. The van der Waals surface area contributed by atoms with Gasteiger partial charge in [0.1, 0.15) is 5.60 Å². The van der Waals surface area contributed by atoms with Crippen molar-refractivity contribution in [1.82, 2.24) is 0 Å². The zero-order chi connectivity index (χ0) is 14.5. The Morgan fingerprint density at radius 2 is 1.24 bits per heavy atom. The van der Waals surface area contributed by atoms with Crippen LogP contribution >= 0.6 is 0 Å². The zero-order valence-corrected chi connectivity index (χ0v) is 13.6. The molecule has 3 saturated carbocycles. The second-order valence-electron chi connectivity index (χ2n) is 7.72. The Hall–Kier alpha value is -0.530. The average molecular weight is 292 g/mol. The van der Waals surface area contributed by atoms with Crippen LogP contribution in [0, 0.1) is 11.8 Å². The Labute approximate surface area is 130 Å². The van der Waals surface area contributed by atoms with Gasteiger partial charge in [0.25, 0.3) is 0 Å². The first-order chi connectivity index (χ1) is 10.3. The normalized spacial score (nSPS) is 28.2. The molecule has 0 unspecified atom stereocenters. The lowest BCUT2D eigenvalue weighted by Gasteiger charge is -2.45. The Morgan fingerprint density at radius 1 is 0.714 bits per heavy atom. The summed E-state index contributed by atoms with van der Waals surface area (Å²) >= 11 is 0. The maximum Gasteiger partial charge on any atom is 0.309 e. The highest BCUT2D eigenvalue weighted by Gasteiger charge is 2.44. The van der Waals surface area contributed by atoms with Gasteiger partial charge in [-0.15, -0.1) is 0 Å². The van der Waals surface area contributed by atoms with E-state index in [4.69, 9.17) is 4.74 Å². The van der Waals surface area contributed by atoms with Gasteiger partial charge in [0, 0.05) is 0 Å². The van der Waals surface area contributed by atoms with Crippen LogP contribution in [0.1, 0.15) is 96.3 Å². The van der Waals surface area contributed by atoms with E-state index in [1.54, 1.807) is 0 Å². The molecule has 2 nitrogen and oxygen atoms in total. The van der Waals surface area contributed by atoms with Crippen molar-refractivity contribution in [3.8, 4) is 0 Å². The number of hydrogen-bond donors (Lipinski definition) is 0. The molecule has 2 heteroatoms. The minimum absolute atomic E-state index is 0.0762. The minimum atomic E-state index is -0.0762. The minimum Gasteiger partial charge on any atom is -0.459 e. The number of carbonyl (C=O) groups is 1. The molecule has 0 saturated heterocycles. The largest absolute Gasteiger partial charge is 0.459 e. The molecule has 0 spiro atoms. The Bertz CT molecular complexity index is 331. The van der Waals surface area contributed by atoms with Crippen molar-refractivity contribution in [2.75, 3.05) is 0 Å². The van der Waals surface area contributed by atoms with E-state index in [1.165, 1.54) is 70.6 Å². The molecule has 0 aromatic heterocycles. The third-order valence-corrected chi connectivity index (χ3v) is 6.29. The van der Waals surface area contributed by atoms with E-state index in [9.17, 15) is 4.79 Å². The molecule has 21 heavy (non-hydrogen) atoms. The SMILES string of the molecule is O=C(OC1(C2CCCCC2)CCCCC1)C1CCCCC1. The molecule has 120 valence electrons. The molecule has 0 amide bonds. The lowest BCUT2D eigenvalue weighted by atomic mass is 9.69. The van der Waals surface area contributed by atoms with Crippen molar-refractivity contribution in [2.45, 2.75) is 102 Å². The smallest absolute Gasteiger partial charge is 0.309 e. The van der Waals surface area contributed by atoms with Gasteiger partial charge in [0.2, 0.25) is 0 Å². The van der Waals surface area contributed by atoms with E-state index >= 15 is 0 Å². The van der Waals surface area contributed by atoms with Crippen molar-refractivity contribution in [3.05, 3.63) is 0 Å². The number of carbonyl (C=O) groups excluding carboxylic acids is 1. The molecular formula is C19H32O2. The monoisotopic (exact) mass is 292 g/mol. The van der Waals surface area contributed by atoms with Gasteiger partial charge in [-0.05, 0) is 57.3 Å². The lowest BCUT2D eigenvalue weighted by Crippen LogP contribution is -2.46. The lowest BCUT2D eigenvalue weighted by molar-refractivity contribution is -0.179. The molecule has 0 heterocycles. The quantitative estimate of drug-likeness (QED) is 0.652. The van der Waals surface area contributed by atoms with Crippen LogP contribution in [0.5, 0.6) is 0 Å². The summed E-state index contributed by atoms with van der Waals surface area (Å²) in [6.07, 6.45) is 18.6.